The Morgan fingerprint density at radius 2 is 1.93 bits per heavy atom. The number of rotatable bonds is 7. The van der Waals surface area contributed by atoms with Crippen molar-refractivity contribution in [2.75, 3.05) is 13.1 Å². The number of carbonyl (C=O) groups is 1. The van der Waals surface area contributed by atoms with E-state index in [0.29, 0.717) is 13.0 Å². The monoisotopic (exact) mass is 368 g/mol. The van der Waals surface area contributed by atoms with Crippen molar-refractivity contribution in [3.8, 4) is 0 Å². The minimum Gasteiger partial charge on any atom is -0.334 e. The Labute approximate surface area is 163 Å². The number of hydrogen-bond donors (Lipinski definition) is 0. The molecule has 0 saturated carbocycles. The van der Waals surface area contributed by atoms with Crippen LogP contribution in [0.25, 0.3) is 0 Å². The van der Waals surface area contributed by atoms with Gasteiger partial charge in [0, 0.05) is 56.4 Å². The van der Waals surface area contributed by atoms with Gasteiger partial charge in [-0.05, 0) is 25.3 Å². The van der Waals surface area contributed by atoms with Gasteiger partial charge in [-0.15, -0.1) is 0 Å². The van der Waals surface area contributed by atoms with E-state index in [2.05, 4.69) is 52.5 Å². The van der Waals surface area contributed by atoms with E-state index in [9.17, 15) is 4.79 Å². The summed E-state index contributed by atoms with van der Waals surface area (Å²) in [6.07, 6.45) is 4.65. The first-order valence-corrected chi connectivity index (χ1v) is 10.2. The molecule has 1 aromatic heterocycles. The maximum Gasteiger partial charge on any atom is 0.224 e. The Morgan fingerprint density at radius 3 is 2.63 bits per heavy atom. The lowest BCUT2D eigenvalue weighted by molar-refractivity contribution is -0.133. The average molecular weight is 369 g/mol. The first-order chi connectivity index (χ1) is 13.1. The fraction of sp³-hybridized carbons (Fsp3) is 0.545. The molecule has 1 atom stereocenters. The number of benzene rings is 1. The molecule has 0 N–H and O–H groups in total. The molecule has 0 bridgehead atoms. The van der Waals surface area contributed by atoms with Gasteiger partial charge in [0.05, 0.1) is 6.20 Å². The van der Waals surface area contributed by atoms with Crippen LogP contribution in [0.2, 0.25) is 0 Å². The van der Waals surface area contributed by atoms with Gasteiger partial charge in [-0.25, -0.2) is 0 Å². The van der Waals surface area contributed by atoms with Crippen LogP contribution < -0.4 is 0 Å². The highest BCUT2D eigenvalue weighted by molar-refractivity contribution is 5.77. The molecule has 27 heavy (non-hydrogen) atoms. The van der Waals surface area contributed by atoms with Gasteiger partial charge >= 0.3 is 0 Å². The molecule has 2 heterocycles. The maximum absolute atomic E-state index is 12.8. The first-order valence-electron chi connectivity index (χ1n) is 10.2. The molecule has 1 aromatic carbocycles. The molecule has 1 aliphatic heterocycles. The summed E-state index contributed by atoms with van der Waals surface area (Å²) in [4.78, 5) is 17.3. The van der Waals surface area contributed by atoms with Crippen molar-refractivity contribution in [2.45, 2.75) is 65.7 Å². The molecule has 3 rings (SSSR count). The first kappa shape index (κ1) is 19.6. The smallest absolute Gasteiger partial charge is 0.224 e. The summed E-state index contributed by atoms with van der Waals surface area (Å²) in [6.45, 7) is 10.8. The third kappa shape index (κ3) is 4.78. The average Bonchev–Trinajstić information content (AvgIpc) is 2.94. The minimum atomic E-state index is 0.256. The second-order valence-electron chi connectivity index (χ2n) is 7.53. The molecular weight excluding hydrogens is 336 g/mol. The zero-order valence-electron chi connectivity index (χ0n) is 16.9. The molecule has 1 fully saturated rings. The zero-order valence-corrected chi connectivity index (χ0v) is 16.9. The third-order valence-electron chi connectivity index (χ3n) is 5.57. The fourth-order valence-corrected chi connectivity index (χ4v) is 3.90. The van der Waals surface area contributed by atoms with Gasteiger partial charge in [0.2, 0.25) is 5.91 Å². The van der Waals surface area contributed by atoms with Gasteiger partial charge in [0.15, 0.2) is 0 Å². The summed E-state index contributed by atoms with van der Waals surface area (Å²) in [5, 5.41) is 4.53. The van der Waals surface area contributed by atoms with Gasteiger partial charge in [-0.1, -0.05) is 44.2 Å². The molecule has 5 heteroatoms. The Balaban J connectivity index is 1.70. The SMILES string of the molecule is CCCn1ncc(CN2CCC(=O)N(Cc3ccccc3)[C@H](CC)C2)c1C. The third-order valence-corrected chi connectivity index (χ3v) is 5.57. The molecule has 2 aromatic rings. The number of amides is 1. The van der Waals surface area contributed by atoms with Gasteiger partial charge < -0.3 is 4.90 Å². The van der Waals surface area contributed by atoms with Crippen molar-refractivity contribution in [1.29, 1.82) is 0 Å². The lowest BCUT2D eigenvalue weighted by Gasteiger charge is -2.31. The lowest BCUT2D eigenvalue weighted by Crippen LogP contribution is -2.42. The fourth-order valence-electron chi connectivity index (χ4n) is 3.90. The molecule has 5 nitrogen and oxygen atoms in total. The molecular formula is C22H32N4O. The van der Waals surface area contributed by atoms with Crippen LogP contribution in [0.15, 0.2) is 36.5 Å². The number of nitrogens with zero attached hydrogens (tertiary/aromatic N) is 4. The molecule has 0 aliphatic carbocycles. The summed E-state index contributed by atoms with van der Waals surface area (Å²) in [5.74, 6) is 0.270. The number of aryl methyl sites for hydroxylation is 1. The highest BCUT2D eigenvalue weighted by atomic mass is 16.2. The zero-order chi connectivity index (χ0) is 19.2. The Kier molecular flexibility index (Phi) is 6.67. The van der Waals surface area contributed by atoms with E-state index in [4.69, 9.17) is 0 Å². The van der Waals surface area contributed by atoms with Crippen LogP contribution in [-0.2, 0) is 24.4 Å². The van der Waals surface area contributed by atoms with Crippen LogP contribution in [0.4, 0.5) is 0 Å². The standard InChI is InChI=1S/C22H32N4O/c1-4-12-26-18(3)20(14-23-26)16-24-13-11-22(27)25(21(5-2)17-24)15-19-9-7-6-8-10-19/h6-10,14,21H,4-5,11-13,15-17H2,1-3H3/t21-/m1/s1. The van der Waals surface area contributed by atoms with Crippen LogP contribution in [0, 0.1) is 6.92 Å². The molecule has 0 unspecified atom stereocenters. The summed E-state index contributed by atoms with van der Waals surface area (Å²) < 4.78 is 2.09. The molecule has 1 saturated heterocycles. The van der Waals surface area contributed by atoms with Gasteiger partial charge in [-0.3, -0.25) is 14.4 Å². The summed E-state index contributed by atoms with van der Waals surface area (Å²) in [7, 11) is 0. The second kappa shape index (κ2) is 9.18. The Morgan fingerprint density at radius 1 is 1.15 bits per heavy atom. The predicted octanol–water partition coefficient (Wildman–Crippen LogP) is 3.61. The molecule has 146 valence electrons. The highest BCUT2D eigenvalue weighted by Gasteiger charge is 2.29. The molecule has 0 radical (unpaired) electrons. The van der Waals surface area contributed by atoms with Crippen molar-refractivity contribution >= 4 is 5.91 Å². The van der Waals surface area contributed by atoms with Crippen molar-refractivity contribution in [2.24, 2.45) is 0 Å². The Hall–Kier alpha value is -2.14. The second-order valence-corrected chi connectivity index (χ2v) is 7.53. The van der Waals surface area contributed by atoms with Crippen molar-refractivity contribution in [3.63, 3.8) is 0 Å². The van der Waals surface area contributed by atoms with Gasteiger partial charge in [0.25, 0.3) is 0 Å². The molecule has 1 aliphatic rings. The van der Waals surface area contributed by atoms with Crippen LogP contribution in [0.3, 0.4) is 0 Å². The largest absolute Gasteiger partial charge is 0.334 e. The maximum atomic E-state index is 12.8. The van der Waals surface area contributed by atoms with Crippen LogP contribution >= 0.6 is 0 Å². The summed E-state index contributed by atoms with van der Waals surface area (Å²) >= 11 is 0. The number of carbonyl (C=O) groups excluding carboxylic acids is 1. The summed E-state index contributed by atoms with van der Waals surface area (Å²) in [5.41, 5.74) is 3.73. The topological polar surface area (TPSA) is 41.4 Å². The van der Waals surface area contributed by atoms with E-state index in [0.717, 1.165) is 39.0 Å². The van der Waals surface area contributed by atoms with Crippen LogP contribution in [-0.4, -0.2) is 44.6 Å². The van der Waals surface area contributed by atoms with Crippen molar-refractivity contribution < 1.29 is 4.79 Å². The Bertz CT molecular complexity index is 740. The van der Waals surface area contributed by atoms with E-state index in [-0.39, 0.29) is 11.9 Å². The van der Waals surface area contributed by atoms with E-state index in [1.54, 1.807) is 0 Å². The van der Waals surface area contributed by atoms with Crippen LogP contribution in [0.5, 0.6) is 0 Å². The summed E-state index contributed by atoms with van der Waals surface area (Å²) in [6, 6.07) is 10.6. The predicted molar refractivity (Wildman–Crippen MR) is 108 cm³/mol. The van der Waals surface area contributed by atoms with E-state index < -0.39 is 0 Å². The van der Waals surface area contributed by atoms with Crippen molar-refractivity contribution in [3.05, 3.63) is 53.3 Å². The number of hydrogen-bond acceptors (Lipinski definition) is 3. The van der Waals surface area contributed by atoms with Crippen LogP contribution in [0.1, 0.15) is 49.9 Å². The molecule has 1 amide bonds. The number of aromatic nitrogens is 2. The minimum absolute atomic E-state index is 0.256. The lowest BCUT2D eigenvalue weighted by atomic mass is 10.1. The molecule has 0 spiro atoms. The highest BCUT2D eigenvalue weighted by Crippen LogP contribution is 2.20. The van der Waals surface area contributed by atoms with E-state index in [1.165, 1.54) is 16.8 Å². The van der Waals surface area contributed by atoms with Gasteiger partial charge in [-0.2, -0.15) is 5.10 Å². The quantitative estimate of drug-likeness (QED) is 0.750. The van der Waals surface area contributed by atoms with E-state index >= 15 is 0 Å². The van der Waals surface area contributed by atoms with Crippen molar-refractivity contribution in [1.82, 2.24) is 19.6 Å². The van der Waals surface area contributed by atoms with E-state index in [1.807, 2.05) is 24.4 Å². The van der Waals surface area contributed by atoms with Gasteiger partial charge in [0.1, 0.15) is 0 Å². The normalized spacial score (nSPS) is 18.7.